The number of primary amides is 1. The number of alkyl halides is 8. The third-order valence-corrected chi connectivity index (χ3v) is 9.37. The number of benzene rings is 4. The summed E-state index contributed by atoms with van der Waals surface area (Å²) in [6.07, 6.45) is -13.9. The van der Waals surface area contributed by atoms with Crippen molar-refractivity contribution in [3.05, 3.63) is 143 Å². The standard InChI is InChI=1S/C22H15F5N4O5.C21H13ClF4N4O5/c1-28-19(32)11-6-14(10-29-9-11)34-18-5-3-13(8-16(18)23)31-20(33)30-12-2-4-17-15(7-12)21(24,25)36-22(26,27)35-17;22-14-8-11(2-4-17(14)33-12-5-6-28-15(9-12)18(27)31)30-19(32)29-10-1-3-16-13(7-10)20(23,24)35-21(25,26)34-16/h2-10H,1H3,(H,28,32)(H2,30,31,33);1-9H,(H2,27,31)(H2,29,30,32). The highest BCUT2D eigenvalue weighted by molar-refractivity contribution is 6.32. The monoisotopic (exact) mass is 1020 g/mol. The predicted octanol–water partition coefficient (Wildman–Crippen LogP) is 10.3. The van der Waals surface area contributed by atoms with Gasteiger partial charge in [-0.3, -0.25) is 19.6 Å². The maximum absolute atomic E-state index is 14.5. The molecule has 0 radical (unpaired) electrons. The predicted molar refractivity (Wildman–Crippen MR) is 228 cm³/mol. The van der Waals surface area contributed by atoms with Crippen LogP contribution in [0.5, 0.6) is 34.5 Å². The van der Waals surface area contributed by atoms with E-state index in [9.17, 15) is 58.7 Å². The smallest absolute Gasteiger partial charge is 0.456 e. The van der Waals surface area contributed by atoms with Gasteiger partial charge in [-0.15, -0.1) is 17.6 Å². The van der Waals surface area contributed by atoms with Crippen LogP contribution < -0.4 is 51.3 Å². The number of urea groups is 2. The second kappa shape index (κ2) is 19.8. The van der Waals surface area contributed by atoms with Crippen molar-refractivity contribution in [2.45, 2.75) is 24.8 Å². The Morgan fingerprint density at radius 2 is 1.11 bits per heavy atom. The lowest BCUT2D eigenvalue weighted by Crippen LogP contribution is -2.41. The minimum Gasteiger partial charge on any atom is -0.456 e. The zero-order valence-electron chi connectivity index (χ0n) is 35.2. The van der Waals surface area contributed by atoms with Crippen LogP contribution >= 0.6 is 11.6 Å². The molecule has 0 bridgehead atoms. The molecule has 0 unspecified atom stereocenters. The molecule has 2 aromatic heterocycles. The molecule has 2 aliphatic rings. The lowest BCUT2D eigenvalue weighted by atomic mass is 10.1. The number of nitrogens with zero attached hydrogens (tertiary/aromatic N) is 2. The topological polar surface area (TPSA) is 236 Å². The number of amides is 6. The molecule has 7 N–H and O–H groups in total. The summed E-state index contributed by atoms with van der Waals surface area (Å²) in [6.45, 7) is 0. The van der Waals surface area contributed by atoms with E-state index >= 15 is 0 Å². The Morgan fingerprint density at radius 3 is 1.62 bits per heavy atom. The first-order valence-corrected chi connectivity index (χ1v) is 19.9. The van der Waals surface area contributed by atoms with Crippen LogP contribution in [0.2, 0.25) is 5.02 Å². The van der Waals surface area contributed by atoms with Gasteiger partial charge in [-0.05, 0) is 78.9 Å². The fourth-order valence-electron chi connectivity index (χ4n) is 6.07. The van der Waals surface area contributed by atoms with Crippen molar-refractivity contribution in [3.63, 3.8) is 0 Å². The van der Waals surface area contributed by atoms with Crippen LogP contribution in [0.1, 0.15) is 32.0 Å². The summed E-state index contributed by atoms with van der Waals surface area (Å²) in [5, 5.41) is 11.7. The number of halogens is 10. The first kappa shape index (κ1) is 50.3. The molecule has 0 saturated heterocycles. The van der Waals surface area contributed by atoms with Gasteiger partial charge in [-0.25, -0.2) is 23.5 Å². The quantitative estimate of drug-likeness (QED) is 0.0703. The van der Waals surface area contributed by atoms with Crippen molar-refractivity contribution < 1.29 is 87.1 Å². The van der Waals surface area contributed by atoms with Gasteiger partial charge in [-0.2, -0.15) is 17.6 Å². The van der Waals surface area contributed by atoms with Gasteiger partial charge in [0.25, 0.3) is 11.8 Å². The summed E-state index contributed by atoms with van der Waals surface area (Å²) in [7, 11) is 1.43. The Bertz CT molecular complexity index is 3070. The number of pyridine rings is 2. The molecule has 0 aliphatic carbocycles. The summed E-state index contributed by atoms with van der Waals surface area (Å²) >= 11 is 6.18. The molecule has 71 heavy (non-hydrogen) atoms. The average Bonchev–Trinajstić information content (AvgIpc) is 3.27. The number of hydrogen-bond donors (Lipinski definition) is 6. The van der Waals surface area contributed by atoms with E-state index in [4.69, 9.17) is 26.8 Å². The molecule has 0 spiro atoms. The van der Waals surface area contributed by atoms with Crippen LogP contribution in [0.15, 0.2) is 110 Å². The molecular weight excluding hydrogens is 995 g/mol. The maximum atomic E-state index is 14.5. The third kappa shape index (κ3) is 12.6. The fourth-order valence-corrected chi connectivity index (χ4v) is 6.29. The van der Waals surface area contributed by atoms with Gasteiger partial charge >= 0.3 is 36.9 Å². The molecule has 2 aliphatic heterocycles. The first-order valence-electron chi connectivity index (χ1n) is 19.5. The molecule has 4 heterocycles. The number of ether oxygens (including phenoxy) is 6. The number of fused-ring (bicyclic) bond motifs is 2. The van der Waals surface area contributed by atoms with Crippen molar-refractivity contribution in [2.75, 3.05) is 28.3 Å². The molecule has 4 aromatic carbocycles. The van der Waals surface area contributed by atoms with Gasteiger partial charge in [0.1, 0.15) is 34.4 Å². The Labute approximate surface area is 396 Å². The molecule has 0 saturated carbocycles. The van der Waals surface area contributed by atoms with Gasteiger partial charge < -0.3 is 51.3 Å². The number of hydrogen-bond acceptors (Lipinski definition) is 12. The summed E-state index contributed by atoms with van der Waals surface area (Å²) in [5.41, 5.74) is 3.19. The van der Waals surface area contributed by atoms with Gasteiger partial charge in [-0.1, -0.05) is 11.6 Å². The third-order valence-electron chi connectivity index (χ3n) is 9.07. The van der Waals surface area contributed by atoms with Crippen LogP contribution in [-0.2, 0) is 21.7 Å². The van der Waals surface area contributed by atoms with E-state index in [2.05, 4.69) is 55.5 Å². The first-order chi connectivity index (χ1) is 33.4. The molecule has 18 nitrogen and oxygen atoms in total. The summed E-state index contributed by atoms with van der Waals surface area (Å²) in [6, 6.07) is 15.2. The number of carbonyl (C=O) groups is 4. The number of aromatic nitrogens is 2. The number of nitrogens with one attached hydrogen (secondary N) is 5. The van der Waals surface area contributed by atoms with Crippen molar-refractivity contribution in [1.29, 1.82) is 0 Å². The van der Waals surface area contributed by atoms with Crippen molar-refractivity contribution in [1.82, 2.24) is 15.3 Å². The summed E-state index contributed by atoms with van der Waals surface area (Å²) < 4.78 is 148. The Morgan fingerprint density at radius 1 is 0.620 bits per heavy atom. The van der Waals surface area contributed by atoms with E-state index < -0.39 is 77.1 Å². The Balaban J connectivity index is 0.000000209. The zero-order valence-corrected chi connectivity index (χ0v) is 36.0. The molecule has 0 atom stereocenters. The molecule has 6 aromatic rings. The number of anilines is 4. The average molecular weight is 1020 g/mol. The molecule has 8 rings (SSSR count). The van der Waals surface area contributed by atoms with Crippen molar-refractivity contribution >= 4 is 58.2 Å². The minimum atomic E-state index is -4.52. The van der Waals surface area contributed by atoms with Crippen LogP contribution in [0, 0.1) is 5.82 Å². The molecule has 0 fully saturated rings. The van der Waals surface area contributed by atoms with Crippen LogP contribution in [0.4, 0.5) is 71.9 Å². The van der Waals surface area contributed by atoms with Crippen molar-refractivity contribution in [3.8, 4) is 34.5 Å². The van der Waals surface area contributed by atoms with E-state index in [1.165, 1.54) is 74.2 Å². The van der Waals surface area contributed by atoms with Gasteiger partial charge in [0.15, 0.2) is 11.6 Å². The summed E-state index contributed by atoms with van der Waals surface area (Å²) in [4.78, 5) is 55.1. The highest BCUT2D eigenvalue weighted by atomic mass is 35.5. The normalized spacial score (nSPS) is 15.3. The lowest BCUT2D eigenvalue weighted by Gasteiger charge is -2.30. The second-order valence-corrected chi connectivity index (χ2v) is 14.6. The summed E-state index contributed by atoms with van der Waals surface area (Å²) in [5.74, 6) is -3.37. The zero-order chi connectivity index (χ0) is 51.5. The minimum absolute atomic E-state index is 0.0136. The van der Waals surface area contributed by atoms with Gasteiger partial charge in [0, 0.05) is 54.3 Å². The van der Waals surface area contributed by atoms with Gasteiger partial charge in [0.2, 0.25) is 0 Å². The van der Waals surface area contributed by atoms with E-state index in [0.717, 1.165) is 36.4 Å². The second-order valence-electron chi connectivity index (χ2n) is 14.2. The SMILES string of the molecule is CNC(=O)c1cncc(Oc2ccc(NC(=O)Nc3ccc4c(c3)C(F)(F)OC(F)(F)O4)cc2F)c1.NC(=O)c1cc(Oc2ccc(NC(=O)Nc3ccc4c(c3)C(F)(F)OC(F)(F)O4)cc2Cl)ccn1. The Kier molecular flexibility index (Phi) is 14.0. The number of nitrogens with two attached hydrogens (primary N) is 1. The van der Waals surface area contributed by atoms with E-state index in [-0.39, 0.29) is 62.0 Å². The lowest BCUT2D eigenvalue weighted by molar-refractivity contribution is -0.462. The molecule has 370 valence electrons. The van der Waals surface area contributed by atoms with E-state index in [0.29, 0.717) is 6.07 Å². The molecule has 6 amide bonds. The van der Waals surface area contributed by atoms with Gasteiger partial charge in [0.05, 0.1) is 27.9 Å². The van der Waals surface area contributed by atoms with Crippen LogP contribution in [-0.4, -0.2) is 53.5 Å². The maximum Gasteiger partial charge on any atom is 0.540 e. The largest absolute Gasteiger partial charge is 0.540 e. The van der Waals surface area contributed by atoms with E-state index in [1.54, 1.807) is 0 Å². The highest BCUT2D eigenvalue weighted by Crippen LogP contribution is 2.48. The highest BCUT2D eigenvalue weighted by Gasteiger charge is 2.55. The molecule has 28 heteroatoms. The van der Waals surface area contributed by atoms with Crippen molar-refractivity contribution in [2.24, 2.45) is 5.73 Å². The molecular formula is C43H28ClF9N8O10. The fraction of sp³-hybridized carbons (Fsp3) is 0.116. The number of carbonyl (C=O) groups excluding carboxylic acids is 4. The van der Waals surface area contributed by atoms with E-state index in [1.807, 2.05) is 0 Å². The number of rotatable bonds is 10. The van der Waals surface area contributed by atoms with Crippen LogP contribution in [0.25, 0.3) is 0 Å². The Hall–Kier alpha value is -8.56. The van der Waals surface area contributed by atoms with Crippen LogP contribution in [0.3, 0.4) is 0 Å².